The van der Waals surface area contributed by atoms with Crippen molar-refractivity contribution < 1.29 is 14.6 Å². The molecule has 0 unspecified atom stereocenters. The molecule has 35 heavy (non-hydrogen) atoms. The van der Waals surface area contributed by atoms with E-state index in [-0.39, 0.29) is 11.7 Å². The number of nitrogens with zero attached hydrogens (tertiary/aromatic N) is 4. The average Bonchev–Trinajstić information content (AvgIpc) is 3.35. The Morgan fingerprint density at radius 1 is 0.914 bits per heavy atom. The number of hydrogen-bond acceptors (Lipinski definition) is 5. The van der Waals surface area contributed by atoms with Crippen molar-refractivity contribution in [3.05, 3.63) is 90.1 Å². The number of carbonyl (C=O) groups is 1. The number of phenols is 1. The number of aromatic hydroxyl groups is 1. The summed E-state index contributed by atoms with van der Waals surface area (Å²) >= 11 is 0. The molecule has 0 spiro atoms. The van der Waals surface area contributed by atoms with Crippen LogP contribution in [0.2, 0.25) is 0 Å². The maximum Gasteiger partial charge on any atom is 0.257 e. The van der Waals surface area contributed by atoms with Gasteiger partial charge in [0.2, 0.25) is 0 Å². The molecule has 0 bridgehead atoms. The molecule has 1 aliphatic rings. The molecule has 3 aromatic carbocycles. The lowest BCUT2D eigenvalue weighted by molar-refractivity contribution is 0.0747. The molecule has 2 heterocycles. The van der Waals surface area contributed by atoms with Gasteiger partial charge in [0.25, 0.3) is 5.91 Å². The number of ether oxygens (including phenoxy) is 1. The minimum absolute atomic E-state index is 0.0356. The molecule has 7 heteroatoms. The summed E-state index contributed by atoms with van der Waals surface area (Å²) in [7, 11) is 1.63. The molecule has 178 valence electrons. The first kappa shape index (κ1) is 22.5. The van der Waals surface area contributed by atoms with E-state index in [4.69, 9.17) is 9.84 Å². The van der Waals surface area contributed by atoms with Gasteiger partial charge < -0.3 is 19.6 Å². The summed E-state index contributed by atoms with van der Waals surface area (Å²) in [4.78, 5) is 17.8. The Kier molecular flexibility index (Phi) is 6.14. The number of piperazine rings is 1. The summed E-state index contributed by atoms with van der Waals surface area (Å²) < 4.78 is 7.18. The van der Waals surface area contributed by atoms with E-state index < -0.39 is 0 Å². The number of amides is 1. The molecule has 1 aliphatic heterocycles. The minimum atomic E-state index is -0.0356. The molecule has 7 nitrogen and oxygen atoms in total. The van der Waals surface area contributed by atoms with Crippen LogP contribution in [0.25, 0.3) is 16.9 Å². The maximum atomic E-state index is 13.7. The molecule has 1 fully saturated rings. The Bertz CT molecular complexity index is 1320. The van der Waals surface area contributed by atoms with E-state index in [0.717, 1.165) is 35.6 Å². The van der Waals surface area contributed by atoms with Gasteiger partial charge in [0.05, 0.1) is 18.4 Å². The first-order chi connectivity index (χ1) is 17.0. The third-order valence-corrected chi connectivity index (χ3v) is 6.37. The SMILES string of the molecule is COc1cccc(-c2nn(-c3ccc(C)cc3)cc2C(=O)N2CCN(c3ccc(O)cc3)CC2)c1. The minimum Gasteiger partial charge on any atom is -0.508 e. The van der Waals surface area contributed by atoms with E-state index in [1.807, 2.05) is 78.7 Å². The number of methoxy groups -OCH3 is 1. The van der Waals surface area contributed by atoms with Crippen molar-refractivity contribution >= 4 is 11.6 Å². The second kappa shape index (κ2) is 9.54. The third kappa shape index (κ3) is 4.71. The topological polar surface area (TPSA) is 70.8 Å². The summed E-state index contributed by atoms with van der Waals surface area (Å²) in [5.41, 5.74) is 5.14. The highest BCUT2D eigenvalue weighted by Gasteiger charge is 2.27. The molecule has 0 atom stereocenters. The summed E-state index contributed by atoms with van der Waals surface area (Å²) in [6.45, 7) is 4.69. The van der Waals surface area contributed by atoms with Crippen LogP contribution in [0.4, 0.5) is 5.69 Å². The van der Waals surface area contributed by atoms with E-state index in [1.165, 1.54) is 0 Å². The van der Waals surface area contributed by atoms with Crippen molar-refractivity contribution in [1.29, 1.82) is 0 Å². The fraction of sp³-hybridized carbons (Fsp3) is 0.214. The lowest BCUT2D eigenvalue weighted by atomic mass is 10.1. The van der Waals surface area contributed by atoms with Gasteiger partial charge in [0, 0.05) is 43.6 Å². The van der Waals surface area contributed by atoms with Crippen molar-refractivity contribution in [2.75, 3.05) is 38.2 Å². The van der Waals surface area contributed by atoms with Crippen LogP contribution < -0.4 is 9.64 Å². The van der Waals surface area contributed by atoms with Gasteiger partial charge in [-0.1, -0.05) is 29.8 Å². The second-order valence-corrected chi connectivity index (χ2v) is 8.70. The Morgan fingerprint density at radius 2 is 1.60 bits per heavy atom. The summed E-state index contributed by atoms with van der Waals surface area (Å²) in [6.07, 6.45) is 1.83. The first-order valence-electron chi connectivity index (χ1n) is 11.7. The van der Waals surface area contributed by atoms with Gasteiger partial charge in [0.15, 0.2) is 0 Å². The van der Waals surface area contributed by atoms with E-state index in [0.29, 0.717) is 30.1 Å². The number of carbonyl (C=O) groups excluding carboxylic acids is 1. The van der Waals surface area contributed by atoms with E-state index in [1.54, 1.807) is 23.9 Å². The van der Waals surface area contributed by atoms with Gasteiger partial charge >= 0.3 is 0 Å². The van der Waals surface area contributed by atoms with Gasteiger partial charge in [-0.25, -0.2) is 4.68 Å². The Hall–Kier alpha value is -4.26. The highest BCUT2D eigenvalue weighted by Crippen LogP contribution is 2.29. The molecule has 1 saturated heterocycles. The van der Waals surface area contributed by atoms with Gasteiger partial charge in [0.1, 0.15) is 17.2 Å². The number of hydrogen-bond donors (Lipinski definition) is 1. The van der Waals surface area contributed by atoms with Gasteiger partial charge in [-0.3, -0.25) is 4.79 Å². The zero-order valence-electron chi connectivity index (χ0n) is 19.9. The largest absolute Gasteiger partial charge is 0.508 e. The van der Waals surface area contributed by atoms with Crippen molar-refractivity contribution in [2.45, 2.75) is 6.92 Å². The smallest absolute Gasteiger partial charge is 0.257 e. The van der Waals surface area contributed by atoms with Gasteiger partial charge in [-0.15, -0.1) is 0 Å². The van der Waals surface area contributed by atoms with Crippen LogP contribution in [0.3, 0.4) is 0 Å². The van der Waals surface area contributed by atoms with Crippen LogP contribution in [0, 0.1) is 6.92 Å². The molecular weight excluding hydrogens is 440 g/mol. The molecule has 1 amide bonds. The molecule has 4 aromatic rings. The van der Waals surface area contributed by atoms with E-state index in [9.17, 15) is 9.90 Å². The van der Waals surface area contributed by atoms with E-state index >= 15 is 0 Å². The average molecular weight is 469 g/mol. The summed E-state index contributed by atoms with van der Waals surface area (Å²) in [6, 6.07) is 22.9. The zero-order valence-corrected chi connectivity index (χ0v) is 19.9. The zero-order chi connectivity index (χ0) is 24.4. The van der Waals surface area contributed by atoms with Crippen molar-refractivity contribution in [1.82, 2.24) is 14.7 Å². The molecule has 1 aromatic heterocycles. The van der Waals surface area contributed by atoms with Gasteiger partial charge in [-0.2, -0.15) is 5.10 Å². The molecule has 5 rings (SSSR count). The quantitative estimate of drug-likeness (QED) is 0.466. The van der Waals surface area contributed by atoms with Crippen LogP contribution in [0.5, 0.6) is 11.5 Å². The highest BCUT2D eigenvalue weighted by molar-refractivity contribution is 6.00. The van der Waals surface area contributed by atoms with Crippen molar-refractivity contribution in [3.63, 3.8) is 0 Å². The monoisotopic (exact) mass is 468 g/mol. The number of rotatable bonds is 5. The number of phenolic OH excluding ortho intramolecular Hbond substituents is 1. The van der Waals surface area contributed by atoms with Crippen LogP contribution >= 0.6 is 0 Å². The van der Waals surface area contributed by atoms with Gasteiger partial charge in [-0.05, 0) is 55.5 Å². The normalized spacial score (nSPS) is 13.7. The standard InChI is InChI=1S/C28H28N4O3/c1-20-6-8-23(9-7-20)32-19-26(27(29-32)21-4-3-5-25(18-21)35-2)28(34)31-16-14-30(15-17-31)22-10-12-24(33)13-11-22/h3-13,18-19,33H,14-17H2,1-2H3. The van der Waals surface area contributed by atoms with Crippen molar-refractivity contribution in [2.24, 2.45) is 0 Å². The van der Waals surface area contributed by atoms with Crippen LogP contribution in [-0.2, 0) is 0 Å². The Morgan fingerprint density at radius 3 is 2.29 bits per heavy atom. The number of benzene rings is 3. The Labute approximate surface area is 204 Å². The molecule has 0 saturated carbocycles. The summed E-state index contributed by atoms with van der Waals surface area (Å²) in [5.74, 6) is 0.929. The number of anilines is 1. The fourth-order valence-corrected chi connectivity index (χ4v) is 4.35. The second-order valence-electron chi connectivity index (χ2n) is 8.70. The predicted octanol–water partition coefficient (Wildman–Crippen LogP) is 4.52. The van der Waals surface area contributed by atoms with Crippen molar-refractivity contribution in [3.8, 4) is 28.4 Å². The molecule has 0 radical (unpaired) electrons. The molecular formula is C28H28N4O3. The lowest BCUT2D eigenvalue weighted by Crippen LogP contribution is -2.48. The lowest BCUT2D eigenvalue weighted by Gasteiger charge is -2.36. The molecule has 0 aliphatic carbocycles. The van der Waals surface area contributed by atoms with Crippen LogP contribution in [0.1, 0.15) is 15.9 Å². The number of aryl methyl sites for hydroxylation is 1. The highest BCUT2D eigenvalue weighted by atomic mass is 16.5. The predicted molar refractivity (Wildman–Crippen MR) is 137 cm³/mol. The third-order valence-electron chi connectivity index (χ3n) is 6.37. The fourth-order valence-electron chi connectivity index (χ4n) is 4.35. The van der Waals surface area contributed by atoms with E-state index in [2.05, 4.69) is 4.90 Å². The summed E-state index contributed by atoms with van der Waals surface area (Å²) in [5, 5.41) is 14.4. The first-order valence-corrected chi connectivity index (χ1v) is 11.7. The van der Waals surface area contributed by atoms with Crippen LogP contribution in [-0.4, -0.2) is 59.0 Å². The number of aromatic nitrogens is 2. The Balaban J connectivity index is 1.44. The maximum absolute atomic E-state index is 13.7. The molecule has 1 N–H and O–H groups in total. The van der Waals surface area contributed by atoms with Crippen LogP contribution in [0.15, 0.2) is 79.0 Å².